The number of nitrogens with zero attached hydrogens (tertiary/aromatic N) is 7. The molecule has 2 saturated heterocycles. The van der Waals surface area contributed by atoms with Crippen molar-refractivity contribution in [3.8, 4) is 5.69 Å². The van der Waals surface area contributed by atoms with Crippen LogP contribution in [0.5, 0.6) is 0 Å². The quantitative estimate of drug-likeness (QED) is 0.622. The normalized spacial score (nSPS) is 17.6. The molecule has 2 aromatic heterocycles. The van der Waals surface area contributed by atoms with E-state index in [1.165, 1.54) is 0 Å². The molecule has 9 heteroatoms. The number of fused-ring (bicyclic) bond motifs is 1. The number of piperazine rings is 1. The van der Waals surface area contributed by atoms with Crippen molar-refractivity contribution in [1.29, 1.82) is 0 Å². The van der Waals surface area contributed by atoms with E-state index in [1.807, 2.05) is 47.0 Å². The monoisotopic (exact) mass is 439 g/mol. The van der Waals surface area contributed by atoms with Crippen LogP contribution >= 0.6 is 11.6 Å². The maximum Gasteiger partial charge on any atom is 0.236 e. The van der Waals surface area contributed by atoms with Gasteiger partial charge in [-0.25, -0.2) is 14.6 Å². The summed E-state index contributed by atoms with van der Waals surface area (Å²) in [7, 11) is 0. The molecule has 2 aliphatic rings. The number of carbonyl (C=O) groups is 1. The van der Waals surface area contributed by atoms with E-state index in [0.29, 0.717) is 17.4 Å². The summed E-state index contributed by atoms with van der Waals surface area (Å²) in [4.78, 5) is 28.4. The summed E-state index contributed by atoms with van der Waals surface area (Å²) in [6, 6.07) is 7.59. The number of hydrogen-bond acceptors (Lipinski definition) is 6. The first-order valence-corrected chi connectivity index (χ1v) is 11.2. The van der Waals surface area contributed by atoms with Crippen molar-refractivity contribution in [3.05, 3.63) is 41.3 Å². The molecule has 5 rings (SSSR count). The van der Waals surface area contributed by atoms with Crippen LogP contribution in [-0.2, 0) is 4.79 Å². The van der Waals surface area contributed by atoms with E-state index < -0.39 is 0 Å². The number of benzene rings is 1. The van der Waals surface area contributed by atoms with Crippen molar-refractivity contribution in [2.75, 3.05) is 50.7 Å². The SMILES string of the molecule is Cc1nc(N2CCN(CC(=O)N3CCCC3)CC2)c2cnn(-c3cccc(Cl)c3)c2n1. The highest BCUT2D eigenvalue weighted by Gasteiger charge is 2.25. The van der Waals surface area contributed by atoms with Crippen molar-refractivity contribution in [2.45, 2.75) is 19.8 Å². The van der Waals surface area contributed by atoms with Crippen LogP contribution in [0.1, 0.15) is 18.7 Å². The summed E-state index contributed by atoms with van der Waals surface area (Å²) in [5.74, 6) is 1.87. The number of anilines is 1. The van der Waals surface area contributed by atoms with Crippen LogP contribution in [0.2, 0.25) is 5.02 Å². The molecule has 0 atom stereocenters. The smallest absolute Gasteiger partial charge is 0.236 e. The Bertz CT molecular complexity index is 1100. The van der Waals surface area contributed by atoms with Gasteiger partial charge in [0, 0.05) is 44.3 Å². The minimum atomic E-state index is 0.258. The number of carbonyl (C=O) groups excluding carboxylic acids is 1. The lowest BCUT2D eigenvalue weighted by Crippen LogP contribution is -2.50. The molecule has 4 heterocycles. The zero-order valence-corrected chi connectivity index (χ0v) is 18.4. The Morgan fingerprint density at radius 3 is 2.58 bits per heavy atom. The average Bonchev–Trinajstić information content (AvgIpc) is 3.44. The highest BCUT2D eigenvalue weighted by Crippen LogP contribution is 2.27. The Hall–Kier alpha value is -2.71. The Morgan fingerprint density at radius 1 is 1.06 bits per heavy atom. The maximum absolute atomic E-state index is 12.5. The number of rotatable bonds is 4. The van der Waals surface area contributed by atoms with E-state index >= 15 is 0 Å². The van der Waals surface area contributed by atoms with Gasteiger partial charge in [0.15, 0.2) is 5.65 Å². The van der Waals surface area contributed by atoms with Gasteiger partial charge in [-0.05, 0) is 38.0 Å². The lowest BCUT2D eigenvalue weighted by Gasteiger charge is -2.35. The van der Waals surface area contributed by atoms with Gasteiger partial charge in [-0.2, -0.15) is 5.10 Å². The summed E-state index contributed by atoms with van der Waals surface area (Å²) < 4.78 is 1.81. The van der Waals surface area contributed by atoms with E-state index in [0.717, 1.165) is 74.6 Å². The van der Waals surface area contributed by atoms with E-state index in [9.17, 15) is 4.79 Å². The summed E-state index contributed by atoms with van der Waals surface area (Å²) in [5, 5.41) is 6.15. The third-order valence-electron chi connectivity index (χ3n) is 6.06. The summed E-state index contributed by atoms with van der Waals surface area (Å²) >= 11 is 6.17. The van der Waals surface area contributed by atoms with Crippen molar-refractivity contribution in [2.24, 2.45) is 0 Å². The molecule has 0 unspecified atom stereocenters. The molecule has 2 fully saturated rings. The van der Waals surface area contributed by atoms with Crippen molar-refractivity contribution >= 4 is 34.4 Å². The molecule has 1 aromatic carbocycles. The van der Waals surface area contributed by atoms with Gasteiger partial charge >= 0.3 is 0 Å². The van der Waals surface area contributed by atoms with Crippen LogP contribution in [0.4, 0.5) is 5.82 Å². The molecule has 8 nitrogen and oxygen atoms in total. The average molecular weight is 440 g/mol. The van der Waals surface area contributed by atoms with Crippen LogP contribution in [-0.4, -0.2) is 81.3 Å². The molecule has 31 heavy (non-hydrogen) atoms. The van der Waals surface area contributed by atoms with E-state index in [1.54, 1.807) is 0 Å². The van der Waals surface area contributed by atoms with Gasteiger partial charge in [0.05, 0.1) is 23.8 Å². The highest BCUT2D eigenvalue weighted by molar-refractivity contribution is 6.30. The number of aryl methyl sites for hydroxylation is 1. The largest absolute Gasteiger partial charge is 0.353 e. The van der Waals surface area contributed by atoms with Crippen LogP contribution in [0.3, 0.4) is 0 Å². The standard InChI is InChI=1S/C22H26ClN7O/c1-16-25-21(19-14-24-30(22(19)26-16)18-6-4-5-17(23)13-18)29-11-9-27(10-12-29)15-20(31)28-7-2-3-8-28/h4-6,13-14H,2-3,7-12,15H2,1H3. The predicted molar refractivity (Wildman–Crippen MR) is 121 cm³/mol. The van der Waals surface area contributed by atoms with Crippen LogP contribution < -0.4 is 4.90 Å². The molecule has 1 amide bonds. The van der Waals surface area contributed by atoms with Gasteiger partial charge in [0.1, 0.15) is 11.6 Å². The molecular formula is C22H26ClN7O. The fraction of sp³-hybridized carbons (Fsp3) is 0.455. The first kappa shape index (κ1) is 20.2. The van der Waals surface area contributed by atoms with E-state index in [2.05, 4.69) is 19.9 Å². The van der Waals surface area contributed by atoms with Gasteiger partial charge in [-0.3, -0.25) is 9.69 Å². The molecule has 0 spiro atoms. The van der Waals surface area contributed by atoms with E-state index in [-0.39, 0.29) is 5.91 Å². The lowest BCUT2D eigenvalue weighted by atomic mass is 10.2. The first-order valence-electron chi connectivity index (χ1n) is 10.8. The molecule has 0 bridgehead atoms. The van der Waals surface area contributed by atoms with Crippen LogP contribution in [0, 0.1) is 6.92 Å². The summed E-state index contributed by atoms with van der Waals surface area (Å²) in [5.41, 5.74) is 1.65. The van der Waals surface area contributed by atoms with Gasteiger partial charge in [0.25, 0.3) is 0 Å². The second kappa shape index (κ2) is 8.43. The van der Waals surface area contributed by atoms with E-state index in [4.69, 9.17) is 16.6 Å². The lowest BCUT2D eigenvalue weighted by molar-refractivity contribution is -0.131. The minimum absolute atomic E-state index is 0.258. The molecule has 0 aliphatic carbocycles. The number of hydrogen-bond donors (Lipinski definition) is 0. The minimum Gasteiger partial charge on any atom is -0.353 e. The fourth-order valence-electron chi connectivity index (χ4n) is 4.41. The highest BCUT2D eigenvalue weighted by atomic mass is 35.5. The first-order chi connectivity index (χ1) is 15.1. The topological polar surface area (TPSA) is 70.4 Å². The molecule has 0 N–H and O–H groups in total. The van der Waals surface area contributed by atoms with Crippen molar-refractivity contribution in [3.63, 3.8) is 0 Å². The molecule has 0 saturated carbocycles. The number of halogens is 1. The maximum atomic E-state index is 12.5. The number of aromatic nitrogens is 4. The van der Waals surface area contributed by atoms with Crippen molar-refractivity contribution < 1.29 is 4.79 Å². The number of amides is 1. The fourth-order valence-corrected chi connectivity index (χ4v) is 4.60. The van der Waals surface area contributed by atoms with Gasteiger partial charge in [-0.15, -0.1) is 0 Å². The predicted octanol–water partition coefficient (Wildman–Crippen LogP) is 2.52. The van der Waals surface area contributed by atoms with Crippen LogP contribution in [0.25, 0.3) is 16.7 Å². The third kappa shape index (κ3) is 4.09. The zero-order chi connectivity index (χ0) is 21.4. The van der Waals surface area contributed by atoms with Gasteiger partial charge in [-0.1, -0.05) is 17.7 Å². The third-order valence-corrected chi connectivity index (χ3v) is 6.30. The molecule has 0 radical (unpaired) electrons. The van der Waals surface area contributed by atoms with Gasteiger partial charge in [0.2, 0.25) is 5.91 Å². The second-order valence-electron chi connectivity index (χ2n) is 8.22. The van der Waals surface area contributed by atoms with Crippen molar-refractivity contribution in [1.82, 2.24) is 29.5 Å². The Morgan fingerprint density at radius 2 is 1.84 bits per heavy atom. The molecule has 2 aliphatic heterocycles. The molecule has 3 aromatic rings. The Kier molecular flexibility index (Phi) is 5.50. The summed E-state index contributed by atoms with van der Waals surface area (Å²) in [6.45, 7) is 7.56. The molecule has 162 valence electrons. The summed E-state index contributed by atoms with van der Waals surface area (Å²) in [6.07, 6.45) is 4.09. The Balaban J connectivity index is 1.34. The second-order valence-corrected chi connectivity index (χ2v) is 8.66. The van der Waals surface area contributed by atoms with Gasteiger partial charge < -0.3 is 9.80 Å². The molecular weight excluding hydrogens is 414 g/mol. The van der Waals surface area contributed by atoms with Crippen LogP contribution in [0.15, 0.2) is 30.5 Å². The number of likely N-dealkylation sites (tertiary alicyclic amines) is 1. The Labute approximate surface area is 186 Å². The zero-order valence-electron chi connectivity index (χ0n) is 17.7.